The van der Waals surface area contributed by atoms with Crippen molar-refractivity contribution in [2.45, 2.75) is 19.3 Å². The van der Waals surface area contributed by atoms with Gasteiger partial charge in [0.05, 0.1) is 18.4 Å². The molecule has 0 saturated carbocycles. The van der Waals surface area contributed by atoms with Crippen molar-refractivity contribution in [3.63, 3.8) is 0 Å². The molecule has 1 aromatic carbocycles. The predicted molar refractivity (Wildman–Crippen MR) is 127 cm³/mol. The lowest BCUT2D eigenvalue weighted by Crippen LogP contribution is -2.43. The summed E-state index contributed by atoms with van der Waals surface area (Å²) in [7, 11) is 0. The molecule has 1 aliphatic rings. The highest BCUT2D eigenvalue weighted by Gasteiger charge is 2.26. The van der Waals surface area contributed by atoms with Gasteiger partial charge in [-0.15, -0.1) is 11.3 Å². The van der Waals surface area contributed by atoms with Crippen LogP contribution >= 0.6 is 11.3 Å². The van der Waals surface area contributed by atoms with E-state index in [4.69, 9.17) is 0 Å². The molecule has 3 aromatic rings. The molecule has 0 bridgehead atoms. The van der Waals surface area contributed by atoms with Gasteiger partial charge in [-0.25, -0.2) is 4.68 Å². The molecule has 0 atom stereocenters. The number of aromatic nitrogens is 2. The van der Waals surface area contributed by atoms with E-state index in [0.717, 1.165) is 24.9 Å². The largest absolute Gasteiger partial charge is 0.355 e. The average Bonchev–Trinajstić information content (AvgIpc) is 3.50. The maximum absolute atomic E-state index is 12.7. The number of nitrogens with zero attached hydrogens (tertiary/aromatic N) is 4. The van der Waals surface area contributed by atoms with Crippen LogP contribution in [0, 0.1) is 17.2 Å². The smallest absolute Gasteiger partial charge is 0.239 e. The number of rotatable bonds is 8. The number of nitriles is 1. The second-order valence-electron chi connectivity index (χ2n) is 7.98. The van der Waals surface area contributed by atoms with Crippen LogP contribution < -0.4 is 10.6 Å². The Bertz CT molecular complexity index is 1110. The minimum absolute atomic E-state index is 0.0163. The van der Waals surface area contributed by atoms with E-state index in [-0.39, 0.29) is 24.3 Å². The van der Waals surface area contributed by atoms with Gasteiger partial charge in [-0.3, -0.25) is 14.5 Å². The van der Waals surface area contributed by atoms with Gasteiger partial charge in [-0.1, -0.05) is 24.3 Å². The van der Waals surface area contributed by atoms with E-state index in [1.165, 1.54) is 11.1 Å². The lowest BCUT2D eigenvalue weighted by molar-refractivity contribution is -0.126. The van der Waals surface area contributed by atoms with Gasteiger partial charge in [0, 0.05) is 17.3 Å². The highest BCUT2D eigenvalue weighted by Crippen LogP contribution is 2.21. The highest BCUT2D eigenvalue weighted by molar-refractivity contribution is 7.09. The number of thiophene rings is 1. The van der Waals surface area contributed by atoms with Crippen LogP contribution in [-0.2, 0) is 16.0 Å². The minimum atomic E-state index is -0.206. The molecule has 8 nitrogen and oxygen atoms in total. The predicted octanol–water partition coefficient (Wildman–Crippen LogP) is 2.81. The molecule has 0 unspecified atom stereocenters. The van der Waals surface area contributed by atoms with Gasteiger partial charge in [0.1, 0.15) is 11.6 Å². The first-order valence-electron chi connectivity index (χ1n) is 11.0. The zero-order valence-corrected chi connectivity index (χ0v) is 19.1. The molecule has 170 valence electrons. The Morgan fingerprint density at radius 3 is 2.64 bits per heavy atom. The fraction of sp³-hybridized carbons (Fsp3) is 0.333. The summed E-state index contributed by atoms with van der Waals surface area (Å²) in [5.41, 5.74) is 1.07. The number of piperidine rings is 1. The van der Waals surface area contributed by atoms with Crippen molar-refractivity contribution >= 4 is 29.0 Å². The van der Waals surface area contributed by atoms with Crippen LogP contribution in [0.3, 0.4) is 0 Å². The molecule has 33 heavy (non-hydrogen) atoms. The normalized spacial score (nSPS) is 14.5. The standard InChI is InChI=1S/C24H26N6O2S/c25-15-19-16-27-30(20-5-2-1-3-6-20)23(19)28-22(31)17-29-12-9-18(10-13-29)24(32)26-11-8-21-7-4-14-33-21/h1-7,14,16,18H,8-13,17H2,(H,26,32)(H,28,31). The van der Waals surface area contributed by atoms with Gasteiger partial charge in [0.15, 0.2) is 5.82 Å². The van der Waals surface area contributed by atoms with E-state index in [0.29, 0.717) is 31.0 Å². The molecule has 9 heteroatoms. The van der Waals surface area contributed by atoms with Crippen molar-refractivity contribution in [3.8, 4) is 11.8 Å². The third-order valence-electron chi connectivity index (χ3n) is 5.72. The second-order valence-corrected chi connectivity index (χ2v) is 9.02. The molecule has 1 saturated heterocycles. The molecule has 1 fully saturated rings. The minimum Gasteiger partial charge on any atom is -0.355 e. The molecule has 1 aliphatic heterocycles. The molecule has 0 spiro atoms. The number of nitrogens with one attached hydrogen (secondary N) is 2. The zero-order valence-electron chi connectivity index (χ0n) is 18.2. The van der Waals surface area contributed by atoms with Crippen molar-refractivity contribution in [3.05, 3.63) is 64.5 Å². The number of benzene rings is 1. The van der Waals surface area contributed by atoms with Crippen LogP contribution in [0.25, 0.3) is 5.69 Å². The third-order valence-corrected chi connectivity index (χ3v) is 6.66. The highest BCUT2D eigenvalue weighted by atomic mass is 32.1. The van der Waals surface area contributed by atoms with Gasteiger partial charge < -0.3 is 10.6 Å². The first-order valence-corrected chi connectivity index (χ1v) is 11.9. The van der Waals surface area contributed by atoms with E-state index in [1.54, 1.807) is 16.0 Å². The Balaban J connectivity index is 1.26. The molecular weight excluding hydrogens is 436 g/mol. The van der Waals surface area contributed by atoms with Crippen molar-refractivity contribution in [1.82, 2.24) is 20.0 Å². The number of anilines is 1. The van der Waals surface area contributed by atoms with E-state index in [1.807, 2.05) is 46.7 Å². The van der Waals surface area contributed by atoms with Gasteiger partial charge in [0.2, 0.25) is 11.8 Å². The molecular formula is C24H26N6O2S. The fourth-order valence-corrected chi connectivity index (χ4v) is 4.66. The molecule has 2 aromatic heterocycles. The number of carbonyl (C=O) groups is 2. The average molecular weight is 463 g/mol. The molecule has 0 radical (unpaired) electrons. The zero-order chi connectivity index (χ0) is 23.0. The Labute approximate surface area is 196 Å². The summed E-state index contributed by atoms with van der Waals surface area (Å²) < 4.78 is 1.56. The van der Waals surface area contributed by atoms with Crippen LogP contribution in [0.15, 0.2) is 54.0 Å². The molecule has 2 N–H and O–H groups in total. The number of hydrogen-bond acceptors (Lipinski definition) is 6. The summed E-state index contributed by atoms with van der Waals surface area (Å²) in [6, 6.07) is 15.5. The van der Waals surface area contributed by atoms with E-state index >= 15 is 0 Å². The Morgan fingerprint density at radius 1 is 1.15 bits per heavy atom. The maximum Gasteiger partial charge on any atom is 0.239 e. The Hall–Kier alpha value is -3.48. The van der Waals surface area contributed by atoms with Gasteiger partial charge >= 0.3 is 0 Å². The summed E-state index contributed by atoms with van der Waals surface area (Å²) in [6.45, 7) is 2.22. The second kappa shape index (κ2) is 10.9. The van der Waals surface area contributed by atoms with Crippen LogP contribution in [-0.4, -0.2) is 52.7 Å². The summed E-state index contributed by atoms with van der Waals surface area (Å²) >= 11 is 1.70. The van der Waals surface area contributed by atoms with Crippen LogP contribution in [0.5, 0.6) is 0 Å². The van der Waals surface area contributed by atoms with Crippen molar-refractivity contribution < 1.29 is 9.59 Å². The molecule has 4 rings (SSSR count). The third kappa shape index (κ3) is 5.86. The van der Waals surface area contributed by atoms with Gasteiger partial charge in [-0.2, -0.15) is 10.4 Å². The van der Waals surface area contributed by atoms with Crippen LogP contribution in [0.2, 0.25) is 0 Å². The summed E-state index contributed by atoms with van der Waals surface area (Å²) in [4.78, 5) is 28.5. The number of hydrogen-bond donors (Lipinski definition) is 2. The van der Waals surface area contributed by atoms with Gasteiger partial charge in [-0.05, 0) is 55.9 Å². The number of carbonyl (C=O) groups excluding carboxylic acids is 2. The number of para-hydroxylation sites is 1. The lowest BCUT2D eigenvalue weighted by atomic mass is 9.96. The van der Waals surface area contributed by atoms with Crippen LogP contribution in [0.1, 0.15) is 23.3 Å². The van der Waals surface area contributed by atoms with E-state index in [2.05, 4.69) is 27.9 Å². The molecule has 3 heterocycles. The first-order chi connectivity index (χ1) is 16.1. The van der Waals surface area contributed by atoms with Crippen molar-refractivity contribution in [1.29, 1.82) is 5.26 Å². The number of likely N-dealkylation sites (tertiary alicyclic amines) is 1. The maximum atomic E-state index is 12.7. The van der Waals surface area contributed by atoms with E-state index in [9.17, 15) is 14.9 Å². The lowest BCUT2D eigenvalue weighted by Gasteiger charge is -2.30. The SMILES string of the molecule is N#Cc1cnn(-c2ccccc2)c1NC(=O)CN1CCC(C(=O)NCCc2cccs2)CC1. The van der Waals surface area contributed by atoms with Crippen LogP contribution in [0.4, 0.5) is 5.82 Å². The molecule has 0 aliphatic carbocycles. The summed E-state index contributed by atoms with van der Waals surface area (Å²) in [5.74, 6) is 0.246. The Morgan fingerprint density at radius 2 is 1.94 bits per heavy atom. The quantitative estimate of drug-likeness (QED) is 0.536. The Kier molecular flexibility index (Phi) is 7.50. The van der Waals surface area contributed by atoms with E-state index < -0.39 is 0 Å². The fourth-order valence-electron chi connectivity index (χ4n) is 3.95. The van der Waals surface area contributed by atoms with Gasteiger partial charge in [0.25, 0.3) is 0 Å². The molecule has 2 amide bonds. The van der Waals surface area contributed by atoms with Crippen molar-refractivity contribution in [2.24, 2.45) is 5.92 Å². The summed E-state index contributed by atoms with van der Waals surface area (Å²) in [6.07, 6.45) is 3.75. The first kappa shape index (κ1) is 22.7. The monoisotopic (exact) mass is 462 g/mol. The van der Waals surface area contributed by atoms with Crippen molar-refractivity contribution in [2.75, 3.05) is 31.5 Å². The number of amides is 2. The summed E-state index contributed by atoms with van der Waals surface area (Å²) in [5, 5.41) is 21.6. The topological polar surface area (TPSA) is 103 Å².